The van der Waals surface area contributed by atoms with Crippen molar-refractivity contribution in [1.29, 1.82) is 0 Å². The Bertz CT molecular complexity index is 1230. The van der Waals surface area contributed by atoms with Gasteiger partial charge in [0.2, 0.25) is 11.8 Å². The van der Waals surface area contributed by atoms with Gasteiger partial charge >= 0.3 is 0 Å². The van der Waals surface area contributed by atoms with Crippen LogP contribution in [-0.4, -0.2) is 37.3 Å². The second-order valence-corrected chi connectivity index (χ2v) is 8.67. The summed E-state index contributed by atoms with van der Waals surface area (Å²) in [6.45, 7) is 3.79. The molecule has 0 radical (unpaired) electrons. The first kappa shape index (κ1) is 21.8. The summed E-state index contributed by atoms with van der Waals surface area (Å²) in [5.41, 5.74) is 2.72. The second-order valence-electron chi connectivity index (χ2n) is 6.87. The highest BCUT2D eigenvalue weighted by Crippen LogP contribution is 2.27. The van der Waals surface area contributed by atoms with Crippen LogP contribution in [0.4, 0.5) is 5.13 Å². The molecule has 3 heterocycles. The lowest BCUT2D eigenvalue weighted by atomic mass is 10.2. The monoisotopic (exact) mass is 468 g/mol. The van der Waals surface area contributed by atoms with Gasteiger partial charge in [0.15, 0.2) is 16.0 Å². The highest BCUT2D eigenvalue weighted by atomic mass is 32.2. The molecule has 32 heavy (non-hydrogen) atoms. The maximum absolute atomic E-state index is 12.4. The molecule has 1 aromatic carbocycles. The summed E-state index contributed by atoms with van der Waals surface area (Å²) in [5, 5.41) is 16.5. The molecule has 0 saturated carbocycles. The minimum absolute atomic E-state index is 0.128. The Morgan fingerprint density at radius 3 is 2.78 bits per heavy atom. The van der Waals surface area contributed by atoms with E-state index in [1.807, 2.05) is 35.8 Å². The van der Waals surface area contributed by atoms with Gasteiger partial charge in [-0.1, -0.05) is 29.5 Å². The molecule has 4 aromatic rings. The van der Waals surface area contributed by atoms with Gasteiger partial charge in [0, 0.05) is 18.0 Å². The van der Waals surface area contributed by atoms with Gasteiger partial charge < -0.3 is 15.1 Å². The van der Waals surface area contributed by atoms with Crippen LogP contribution in [0.5, 0.6) is 0 Å². The van der Waals surface area contributed by atoms with Crippen molar-refractivity contribution >= 4 is 40.0 Å². The quantitative estimate of drug-likeness (QED) is 0.379. The molecular formula is C21H20N6O3S2. The fourth-order valence-corrected chi connectivity index (χ4v) is 4.20. The largest absolute Gasteiger partial charge is 0.458 e. The molecule has 2 N–H and O–H groups in total. The van der Waals surface area contributed by atoms with E-state index in [2.05, 4.69) is 25.8 Å². The van der Waals surface area contributed by atoms with Gasteiger partial charge in [-0.25, -0.2) is 4.98 Å². The third kappa shape index (κ3) is 5.42. The van der Waals surface area contributed by atoms with E-state index in [9.17, 15) is 9.59 Å². The number of anilines is 1. The zero-order chi connectivity index (χ0) is 22.5. The van der Waals surface area contributed by atoms with Gasteiger partial charge in [-0.05, 0) is 31.2 Å². The summed E-state index contributed by atoms with van der Waals surface area (Å²) in [5.74, 6) is 1.04. The number of thioether (sulfide) groups is 1. The Morgan fingerprint density at radius 1 is 1.19 bits per heavy atom. The normalized spacial score (nSPS) is 10.8. The summed E-state index contributed by atoms with van der Waals surface area (Å²) in [6, 6.07) is 11.6. The first-order chi connectivity index (χ1) is 15.5. The lowest BCUT2D eigenvalue weighted by Crippen LogP contribution is -2.18. The van der Waals surface area contributed by atoms with Crippen molar-refractivity contribution in [3.8, 4) is 17.1 Å². The number of thiazole rings is 1. The summed E-state index contributed by atoms with van der Waals surface area (Å²) in [7, 11) is 0. The number of hydrogen-bond acceptors (Lipinski definition) is 8. The van der Waals surface area contributed by atoms with Gasteiger partial charge in [-0.15, -0.1) is 21.5 Å². The molecule has 11 heteroatoms. The number of rotatable bonds is 8. The summed E-state index contributed by atoms with van der Waals surface area (Å²) in [6.07, 6.45) is 1.63. The molecule has 3 aromatic heterocycles. The number of aryl methyl sites for hydroxylation is 1. The van der Waals surface area contributed by atoms with Gasteiger partial charge in [-0.3, -0.25) is 14.2 Å². The van der Waals surface area contributed by atoms with E-state index in [0.717, 1.165) is 11.3 Å². The van der Waals surface area contributed by atoms with Crippen molar-refractivity contribution in [1.82, 2.24) is 25.1 Å². The van der Waals surface area contributed by atoms with E-state index in [1.165, 1.54) is 30.0 Å². The van der Waals surface area contributed by atoms with Crippen molar-refractivity contribution in [2.45, 2.75) is 25.5 Å². The molecule has 0 unspecified atom stereocenters. The summed E-state index contributed by atoms with van der Waals surface area (Å²) < 4.78 is 7.53. The first-order valence-corrected chi connectivity index (χ1v) is 11.5. The van der Waals surface area contributed by atoms with Crippen molar-refractivity contribution in [2.75, 3.05) is 11.1 Å². The predicted octanol–water partition coefficient (Wildman–Crippen LogP) is 3.66. The van der Waals surface area contributed by atoms with Crippen LogP contribution in [0.15, 0.2) is 57.7 Å². The number of amides is 2. The first-order valence-electron chi connectivity index (χ1n) is 9.66. The Morgan fingerprint density at radius 2 is 2.00 bits per heavy atom. The molecule has 0 aliphatic heterocycles. The van der Waals surface area contributed by atoms with Crippen LogP contribution in [0.2, 0.25) is 0 Å². The lowest BCUT2D eigenvalue weighted by molar-refractivity contribution is -0.119. The standard InChI is InChI=1S/C21H20N6O3S2/c1-13-3-5-15(6-4-13)27-12-23-26-21(27)32-11-19(29)25-20-24-17(10-31-20)18-8-7-16(30-18)9-22-14(2)28/h3-8,10,12H,9,11H2,1-2H3,(H,22,28)(H,24,25,29). The molecule has 0 fully saturated rings. The summed E-state index contributed by atoms with van der Waals surface area (Å²) in [4.78, 5) is 27.8. The number of hydrogen-bond donors (Lipinski definition) is 2. The van der Waals surface area contributed by atoms with Crippen LogP contribution < -0.4 is 10.6 Å². The van der Waals surface area contributed by atoms with Crippen LogP contribution in [0.1, 0.15) is 18.2 Å². The molecule has 0 bridgehead atoms. The molecule has 0 spiro atoms. The third-order valence-corrected chi connectivity index (χ3v) is 6.04. The topological polar surface area (TPSA) is 115 Å². The summed E-state index contributed by atoms with van der Waals surface area (Å²) >= 11 is 2.61. The van der Waals surface area contributed by atoms with E-state index < -0.39 is 0 Å². The second kappa shape index (κ2) is 9.79. The molecule has 0 atom stereocenters. The Hall–Kier alpha value is -3.44. The molecule has 0 aliphatic rings. The zero-order valence-electron chi connectivity index (χ0n) is 17.4. The van der Waals surface area contributed by atoms with Crippen LogP contribution in [-0.2, 0) is 16.1 Å². The fraction of sp³-hybridized carbons (Fsp3) is 0.190. The average molecular weight is 469 g/mol. The van der Waals surface area contributed by atoms with Gasteiger partial charge in [0.25, 0.3) is 0 Å². The smallest absolute Gasteiger partial charge is 0.236 e. The van der Waals surface area contributed by atoms with Crippen molar-refractivity contribution in [2.24, 2.45) is 0 Å². The van der Waals surface area contributed by atoms with Crippen LogP contribution in [0, 0.1) is 6.92 Å². The molecule has 9 nitrogen and oxygen atoms in total. The zero-order valence-corrected chi connectivity index (χ0v) is 19.0. The van der Waals surface area contributed by atoms with Crippen LogP contribution >= 0.6 is 23.1 Å². The SMILES string of the molecule is CC(=O)NCc1ccc(-c2csc(NC(=O)CSc3nncn3-c3ccc(C)cc3)n2)o1. The number of carbonyl (C=O) groups is 2. The van der Waals surface area contributed by atoms with Crippen molar-refractivity contribution < 1.29 is 14.0 Å². The van der Waals surface area contributed by atoms with E-state index in [4.69, 9.17) is 4.42 Å². The maximum atomic E-state index is 12.4. The number of furan rings is 1. The number of benzene rings is 1. The number of nitrogens with zero attached hydrogens (tertiary/aromatic N) is 4. The van der Waals surface area contributed by atoms with Crippen molar-refractivity contribution in [3.63, 3.8) is 0 Å². The lowest BCUT2D eigenvalue weighted by Gasteiger charge is -2.06. The van der Waals surface area contributed by atoms with Crippen LogP contribution in [0.3, 0.4) is 0 Å². The molecular weight excluding hydrogens is 448 g/mol. The predicted molar refractivity (Wildman–Crippen MR) is 123 cm³/mol. The minimum atomic E-state index is -0.194. The van der Waals surface area contributed by atoms with E-state index >= 15 is 0 Å². The number of aromatic nitrogens is 4. The Balaban J connectivity index is 1.33. The van der Waals surface area contributed by atoms with E-state index in [-0.39, 0.29) is 17.6 Å². The Labute approximate surface area is 192 Å². The average Bonchev–Trinajstić information content (AvgIpc) is 3.52. The van der Waals surface area contributed by atoms with Gasteiger partial charge in [-0.2, -0.15) is 0 Å². The molecule has 164 valence electrons. The van der Waals surface area contributed by atoms with Crippen LogP contribution in [0.25, 0.3) is 17.1 Å². The van der Waals surface area contributed by atoms with E-state index in [1.54, 1.807) is 23.8 Å². The third-order valence-electron chi connectivity index (χ3n) is 4.34. The number of nitrogens with one attached hydrogen (secondary N) is 2. The number of carbonyl (C=O) groups excluding carboxylic acids is 2. The molecule has 2 amide bonds. The molecule has 0 saturated heterocycles. The van der Waals surface area contributed by atoms with Gasteiger partial charge in [0.05, 0.1) is 12.3 Å². The van der Waals surface area contributed by atoms with E-state index in [0.29, 0.717) is 34.0 Å². The molecule has 0 aliphatic carbocycles. The highest BCUT2D eigenvalue weighted by Gasteiger charge is 2.14. The highest BCUT2D eigenvalue weighted by molar-refractivity contribution is 7.99. The van der Waals surface area contributed by atoms with Gasteiger partial charge in [0.1, 0.15) is 17.8 Å². The fourth-order valence-electron chi connectivity index (χ4n) is 2.76. The van der Waals surface area contributed by atoms with Crippen molar-refractivity contribution in [3.05, 3.63) is 59.4 Å². The molecule has 4 rings (SSSR count). The minimum Gasteiger partial charge on any atom is -0.458 e. The Kier molecular flexibility index (Phi) is 6.66. The maximum Gasteiger partial charge on any atom is 0.236 e.